The molecule has 2 heteroatoms. The number of nitrogens with one attached hydrogen (secondary N) is 1. The maximum Gasteiger partial charge on any atom is 0.134 e. The van der Waals surface area contributed by atoms with Gasteiger partial charge in [0, 0.05) is 13.0 Å². The molecular formula is C27H35NO. The second-order valence-corrected chi connectivity index (χ2v) is 7.01. The Morgan fingerprint density at radius 2 is 1.69 bits per heavy atom. The Balaban J connectivity index is 0.00000204. The highest BCUT2D eigenvalue weighted by atomic mass is 16.1. The summed E-state index contributed by atoms with van der Waals surface area (Å²) in [6, 6.07) is 15.0. The minimum atomic E-state index is 0.204. The van der Waals surface area contributed by atoms with Crippen LogP contribution in [0.25, 0.3) is 5.57 Å². The Morgan fingerprint density at radius 1 is 1.03 bits per heavy atom. The number of carbonyl (C=O) groups excluding carboxylic acids is 1. The van der Waals surface area contributed by atoms with Crippen LogP contribution in [0.3, 0.4) is 0 Å². The first kappa shape index (κ1) is 24.2. The summed E-state index contributed by atoms with van der Waals surface area (Å²) in [5.74, 6) is 2.95. The van der Waals surface area contributed by atoms with Crippen molar-refractivity contribution in [2.75, 3.05) is 6.54 Å². The van der Waals surface area contributed by atoms with Crippen LogP contribution in [0.5, 0.6) is 0 Å². The van der Waals surface area contributed by atoms with Crippen molar-refractivity contribution in [3.63, 3.8) is 0 Å². The molecule has 2 nitrogen and oxygen atoms in total. The molecular weight excluding hydrogens is 354 g/mol. The fourth-order valence-electron chi connectivity index (χ4n) is 3.24. The third kappa shape index (κ3) is 7.62. The van der Waals surface area contributed by atoms with Gasteiger partial charge in [-0.05, 0) is 73.9 Å². The maximum atomic E-state index is 11.3. The molecule has 0 spiro atoms. The third-order valence-corrected chi connectivity index (χ3v) is 4.78. The van der Waals surface area contributed by atoms with Gasteiger partial charge in [0.05, 0.1) is 5.70 Å². The summed E-state index contributed by atoms with van der Waals surface area (Å²) < 4.78 is 0. The Kier molecular flexibility index (Phi) is 10.6. The Bertz CT molecular complexity index is 884. The first-order valence-corrected chi connectivity index (χ1v) is 10.5. The van der Waals surface area contributed by atoms with Gasteiger partial charge in [-0.15, -0.1) is 6.42 Å². The average Bonchev–Trinajstić information content (AvgIpc) is 2.73. The van der Waals surface area contributed by atoms with Crippen LogP contribution in [0.1, 0.15) is 62.4 Å². The molecule has 0 saturated heterocycles. The predicted octanol–water partition coefficient (Wildman–Crippen LogP) is 5.91. The average molecular weight is 390 g/mol. The van der Waals surface area contributed by atoms with Crippen LogP contribution in [0.2, 0.25) is 0 Å². The molecule has 29 heavy (non-hydrogen) atoms. The van der Waals surface area contributed by atoms with Gasteiger partial charge in [-0.25, -0.2) is 0 Å². The molecule has 0 unspecified atom stereocenters. The van der Waals surface area contributed by atoms with Crippen molar-refractivity contribution in [3.8, 4) is 12.3 Å². The molecule has 2 aromatic carbocycles. The van der Waals surface area contributed by atoms with Crippen LogP contribution in [0.15, 0.2) is 48.2 Å². The molecule has 0 amide bonds. The standard InChI is InChI=1S/C25H29NO.C2H6/c1-6-25(26-7-2)20(5)24-10-8-9-21(17-24)11-12-22-13-14-23(16-19(4)27)18(3)15-22;1-2/h1,8-10,13-15,17,26H,7,11-12,16H2,2-5H3;1-2H3/b25-20+;. The van der Waals surface area contributed by atoms with Crippen LogP contribution in [0.4, 0.5) is 0 Å². The summed E-state index contributed by atoms with van der Waals surface area (Å²) in [5, 5.41) is 3.25. The number of rotatable bonds is 8. The van der Waals surface area contributed by atoms with E-state index in [1.54, 1.807) is 6.92 Å². The zero-order valence-corrected chi connectivity index (χ0v) is 18.9. The van der Waals surface area contributed by atoms with E-state index in [1.807, 2.05) is 20.8 Å². The summed E-state index contributed by atoms with van der Waals surface area (Å²) in [6.07, 6.45) is 8.10. The summed E-state index contributed by atoms with van der Waals surface area (Å²) >= 11 is 0. The van der Waals surface area contributed by atoms with Crippen LogP contribution in [-0.4, -0.2) is 12.3 Å². The Labute approximate surface area is 177 Å². The van der Waals surface area contributed by atoms with Gasteiger partial charge in [-0.1, -0.05) is 62.2 Å². The minimum absolute atomic E-state index is 0.204. The molecule has 2 rings (SSSR count). The number of benzene rings is 2. The second-order valence-electron chi connectivity index (χ2n) is 7.01. The first-order valence-electron chi connectivity index (χ1n) is 10.5. The van der Waals surface area contributed by atoms with Crippen molar-refractivity contribution in [2.45, 2.75) is 60.8 Å². The zero-order valence-electron chi connectivity index (χ0n) is 18.9. The van der Waals surface area contributed by atoms with Gasteiger partial charge in [-0.3, -0.25) is 4.79 Å². The molecule has 0 aliphatic rings. The molecule has 0 heterocycles. The summed E-state index contributed by atoms with van der Waals surface area (Å²) in [4.78, 5) is 11.3. The molecule has 0 atom stereocenters. The minimum Gasteiger partial charge on any atom is -0.378 e. The number of Topliss-reactive ketones (excluding diaryl/α,β-unsaturated/α-hetero) is 1. The van der Waals surface area contributed by atoms with Gasteiger partial charge in [-0.2, -0.15) is 0 Å². The number of allylic oxidation sites excluding steroid dienone is 2. The van der Waals surface area contributed by atoms with E-state index in [9.17, 15) is 4.79 Å². The number of hydrogen-bond donors (Lipinski definition) is 1. The lowest BCUT2D eigenvalue weighted by molar-refractivity contribution is -0.116. The van der Waals surface area contributed by atoms with Crippen molar-refractivity contribution in [1.29, 1.82) is 0 Å². The highest BCUT2D eigenvalue weighted by Crippen LogP contribution is 2.20. The Morgan fingerprint density at radius 3 is 2.24 bits per heavy atom. The normalized spacial score (nSPS) is 10.9. The van der Waals surface area contributed by atoms with E-state index in [-0.39, 0.29) is 5.78 Å². The maximum absolute atomic E-state index is 11.3. The molecule has 0 radical (unpaired) electrons. The van der Waals surface area contributed by atoms with Crippen molar-refractivity contribution in [2.24, 2.45) is 0 Å². The number of aryl methyl sites for hydroxylation is 3. The van der Waals surface area contributed by atoms with E-state index in [0.29, 0.717) is 6.42 Å². The monoisotopic (exact) mass is 389 g/mol. The summed E-state index contributed by atoms with van der Waals surface area (Å²) in [6.45, 7) is 12.6. The molecule has 2 aromatic rings. The second kappa shape index (κ2) is 12.6. The largest absolute Gasteiger partial charge is 0.378 e. The first-order chi connectivity index (χ1) is 13.9. The quantitative estimate of drug-likeness (QED) is 0.569. The number of ketones is 1. The van der Waals surface area contributed by atoms with Crippen LogP contribution in [0, 0.1) is 19.3 Å². The summed E-state index contributed by atoms with van der Waals surface area (Å²) in [5.41, 5.74) is 8.03. The fourth-order valence-corrected chi connectivity index (χ4v) is 3.24. The van der Waals surface area contributed by atoms with Crippen molar-refractivity contribution in [1.82, 2.24) is 5.32 Å². The highest BCUT2D eigenvalue weighted by molar-refractivity contribution is 5.78. The van der Waals surface area contributed by atoms with Crippen molar-refractivity contribution < 1.29 is 4.79 Å². The molecule has 0 aliphatic heterocycles. The molecule has 0 fully saturated rings. The van der Waals surface area contributed by atoms with Crippen LogP contribution < -0.4 is 5.32 Å². The van der Waals surface area contributed by atoms with E-state index in [1.165, 1.54) is 16.7 Å². The van der Waals surface area contributed by atoms with Gasteiger partial charge in [0.25, 0.3) is 0 Å². The van der Waals surface area contributed by atoms with Crippen LogP contribution >= 0.6 is 0 Å². The lowest BCUT2D eigenvalue weighted by atomic mass is 9.96. The van der Waals surface area contributed by atoms with E-state index in [4.69, 9.17) is 6.42 Å². The smallest absolute Gasteiger partial charge is 0.134 e. The van der Waals surface area contributed by atoms with Gasteiger partial charge >= 0.3 is 0 Å². The van der Waals surface area contributed by atoms with E-state index < -0.39 is 0 Å². The third-order valence-electron chi connectivity index (χ3n) is 4.78. The van der Waals surface area contributed by atoms with Gasteiger partial charge in [0.2, 0.25) is 0 Å². The van der Waals surface area contributed by atoms with Crippen LogP contribution in [-0.2, 0) is 24.1 Å². The lowest BCUT2D eigenvalue weighted by Gasteiger charge is -2.11. The zero-order chi connectivity index (χ0) is 21.8. The van der Waals surface area contributed by atoms with Gasteiger partial charge in [0.1, 0.15) is 5.78 Å². The topological polar surface area (TPSA) is 29.1 Å². The molecule has 0 saturated carbocycles. The fraction of sp³-hybridized carbons (Fsp3) is 0.370. The SMILES string of the molecule is C#C/C(NCC)=C(/C)c1cccc(CCc2ccc(CC(C)=O)c(C)c2)c1.CC. The van der Waals surface area contributed by atoms with Crippen molar-refractivity contribution >= 4 is 11.4 Å². The molecule has 1 N–H and O–H groups in total. The molecule has 154 valence electrons. The predicted molar refractivity (Wildman–Crippen MR) is 126 cm³/mol. The Hall–Kier alpha value is -2.79. The molecule has 0 aromatic heterocycles. The molecule has 0 aliphatic carbocycles. The van der Waals surface area contributed by atoms with E-state index >= 15 is 0 Å². The lowest BCUT2D eigenvalue weighted by Crippen LogP contribution is -2.12. The molecule has 0 bridgehead atoms. The number of terminal acetylenes is 1. The van der Waals surface area contributed by atoms with E-state index in [0.717, 1.165) is 41.8 Å². The van der Waals surface area contributed by atoms with E-state index in [2.05, 4.69) is 67.5 Å². The number of hydrogen-bond acceptors (Lipinski definition) is 2. The summed E-state index contributed by atoms with van der Waals surface area (Å²) in [7, 11) is 0. The van der Waals surface area contributed by atoms with Crippen molar-refractivity contribution in [3.05, 3.63) is 76.0 Å². The highest BCUT2D eigenvalue weighted by Gasteiger charge is 2.06. The van der Waals surface area contributed by atoms with Gasteiger partial charge < -0.3 is 5.32 Å². The van der Waals surface area contributed by atoms with Gasteiger partial charge in [0.15, 0.2) is 0 Å². The number of carbonyl (C=O) groups is 1.